The summed E-state index contributed by atoms with van der Waals surface area (Å²) >= 11 is 3.38. The predicted molar refractivity (Wildman–Crippen MR) is 161 cm³/mol. The van der Waals surface area contributed by atoms with Gasteiger partial charge in [-0.1, -0.05) is 81.8 Å². The summed E-state index contributed by atoms with van der Waals surface area (Å²) in [6.07, 6.45) is 4.97. The maximum absolute atomic E-state index is 14.0. The molecule has 10 heteroatoms. The topological polar surface area (TPSA) is 98.0 Å². The van der Waals surface area contributed by atoms with Crippen molar-refractivity contribution in [3.05, 3.63) is 106 Å². The predicted octanol–water partition coefficient (Wildman–Crippen LogP) is 5.57. The molecule has 42 heavy (non-hydrogen) atoms. The number of halogens is 1. The first-order valence-corrected chi connectivity index (χ1v) is 14.8. The average Bonchev–Trinajstić information content (AvgIpc) is 3.68. The average molecular weight is 624 g/mol. The van der Waals surface area contributed by atoms with Crippen molar-refractivity contribution in [2.24, 2.45) is 21.4 Å². The Morgan fingerprint density at radius 3 is 2.36 bits per heavy atom. The molecule has 0 bridgehead atoms. The van der Waals surface area contributed by atoms with E-state index in [2.05, 4.69) is 44.5 Å². The van der Waals surface area contributed by atoms with E-state index in [-0.39, 0.29) is 24.4 Å². The van der Waals surface area contributed by atoms with E-state index in [1.165, 1.54) is 5.01 Å². The number of hydrazone groups is 1. The van der Waals surface area contributed by atoms with Crippen LogP contribution in [-0.4, -0.2) is 52.1 Å². The van der Waals surface area contributed by atoms with Gasteiger partial charge in [-0.15, -0.1) is 0 Å². The molecule has 1 saturated carbocycles. The molecular formula is C32H27BrN6O3. The molecule has 0 N–H and O–H groups in total. The van der Waals surface area contributed by atoms with Crippen LogP contribution < -0.4 is 4.90 Å². The van der Waals surface area contributed by atoms with Gasteiger partial charge in [0.2, 0.25) is 0 Å². The van der Waals surface area contributed by atoms with Crippen LogP contribution in [0.3, 0.4) is 0 Å². The fourth-order valence-electron chi connectivity index (χ4n) is 6.35. The van der Waals surface area contributed by atoms with Gasteiger partial charge in [-0.3, -0.25) is 19.4 Å². The van der Waals surface area contributed by atoms with Crippen LogP contribution in [0.2, 0.25) is 0 Å². The van der Waals surface area contributed by atoms with Gasteiger partial charge in [0.25, 0.3) is 17.7 Å². The van der Waals surface area contributed by atoms with Gasteiger partial charge in [-0.05, 0) is 66.3 Å². The van der Waals surface area contributed by atoms with E-state index < -0.39 is 23.9 Å². The Morgan fingerprint density at radius 2 is 1.62 bits per heavy atom. The molecule has 3 heterocycles. The van der Waals surface area contributed by atoms with E-state index in [4.69, 9.17) is 5.10 Å². The molecule has 4 unspecified atom stereocenters. The van der Waals surface area contributed by atoms with Crippen LogP contribution in [0.25, 0.3) is 6.08 Å². The van der Waals surface area contributed by atoms with Crippen molar-refractivity contribution in [2.75, 3.05) is 11.4 Å². The van der Waals surface area contributed by atoms with Crippen molar-refractivity contribution in [3.63, 3.8) is 0 Å². The van der Waals surface area contributed by atoms with E-state index in [9.17, 15) is 14.4 Å². The number of hydrogen-bond acceptors (Lipinski definition) is 7. The second kappa shape index (κ2) is 10.8. The molecule has 3 aliphatic heterocycles. The molecule has 7 rings (SSSR count). The highest BCUT2D eigenvalue weighted by Crippen LogP contribution is 2.44. The molecule has 3 aromatic rings. The standard InChI is InChI=1S/C32H27BrN6O3/c33-23-14-16-24(17-15-23)38-31(41)28-30(32(38)42)37(36-34-28)19-26(40)39-29(21-10-5-2-6-11-21)25-13-7-12-22(27(25)35-39)18-20-8-3-1-4-9-20/h1-6,8-11,14-18,25,28-30H,7,12-13,19H2. The highest BCUT2D eigenvalue weighted by Gasteiger charge is 2.55. The zero-order valence-electron chi connectivity index (χ0n) is 22.6. The van der Waals surface area contributed by atoms with Gasteiger partial charge in [0, 0.05) is 10.4 Å². The van der Waals surface area contributed by atoms with E-state index in [1.54, 1.807) is 29.3 Å². The summed E-state index contributed by atoms with van der Waals surface area (Å²) < 4.78 is 0.833. The lowest BCUT2D eigenvalue weighted by Crippen LogP contribution is -2.45. The Bertz CT molecular complexity index is 1640. The van der Waals surface area contributed by atoms with Crippen LogP contribution in [0, 0.1) is 5.92 Å². The number of fused-ring (bicyclic) bond motifs is 2. The molecule has 3 aromatic carbocycles. The van der Waals surface area contributed by atoms with Crippen LogP contribution in [0.4, 0.5) is 5.69 Å². The van der Waals surface area contributed by atoms with Gasteiger partial charge in [0.05, 0.1) is 17.4 Å². The second-order valence-electron chi connectivity index (χ2n) is 10.8. The lowest BCUT2D eigenvalue weighted by Gasteiger charge is -2.30. The van der Waals surface area contributed by atoms with E-state index in [1.807, 2.05) is 48.5 Å². The van der Waals surface area contributed by atoms with Crippen LogP contribution in [0.5, 0.6) is 0 Å². The molecule has 4 atom stereocenters. The summed E-state index contributed by atoms with van der Waals surface area (Å²) in [5.74, 6) is -1.14. The SMILES string of the molecule is O=C1C2N=NN(CC(=O)N3N=C4C(=Cc5ccccc5)CCCC4C3c3ccccc3)C2C(=O)N1c1ccc(Br)cc1. The van der Waals surface area contributed by atoms with Crippen LogP contribution in [-0.2, 0) is 14.4 Å². The molecule has 2 fully saturated rings. The van der Waals surface area contributed by atoms with Crippen molar-refractivity contribution in [1.29, 1.82) is 0 Å². The third kappa shape index (κ3) is 4.56. The summed E-state index contributed by atoms with van der Waals surface area (Å²) in [6, 6.07) is 24.8. The first kappa shape index (κ1) is 26.5. The molecule has 210 valence electrons. The minimum atomic E-state index is -0.980. The zero-order chi connectivity index (χ0) is 28.8. The summed E-state index contributed by atoms with van der Waals surface area (Å²) in [5, 5.41) is 16.1. The molecule has 0 radical (unpaired) electrons. The van der Waals surface area contributed by atoms with Crippen molar-refractivity contribution < 1.29 is 14.4 Å². The number of hydrogen-bond donors (Lipinski definition) is 0. The molecule has 1 aliphatic carbocycles. The first-order valence-electron chi connectivity index (χ1n) is 14.0. The van der Waals surface area contributed by atoms with Gasteiger partial charge in [-0.25, -0.2) is 9.91 Å². The number of benzene rings is 3. The quantitative estimate of drug-likeness (QED) is 0.348. The molecule has 1 saturated heterocycles. The van der Waals surface area contributed by atoms with E-state index >= 15 is 0 Å². The van der Waals surface area contributed by atoms with Crippen molar-refractivity contribution in [3.8, 4) is 0 Å². The molecular weight excluding hydrogens is 596 g/mol. The minimum Gasteiger partial charge on any atom is -0.271 e. The Labute approximate surface area is 251 Å². The number of anilines is 1. The Morgan fingerprint density at radius 1 is 0.905 bits per heavy atom. The van der Waals surface area contributed by atoms with Crippen LogP contribution in [0.15, 0.2) is 110 Å². The molecule has 4 aliphatic rings. The number of carbonyl (C=O) groups is 3. The number of imide groups is 1. The van der Waals surface area contributed by atoms with Gasteiger partial charge < -0.3 is 0 Å². The highest BCUT2D eigenvalue weighted by molar-refractivity contribution is 9.10. The third-order valence-electron chi connectivity index (χ3n) is 8.28. The maximum Gasteiger partial charge on any atom is 0.264 e. The minimum absolute atomic E-state index is 0.0515. The van der Waals surface area contributed by atoms with Gasteiger partial charge in [0.15, 0.2) is 12.1 Å². The molecule has 3 amide bonds. The second-order valence-corrected chi connectivity index (χ2v) is 11.8. The smallest absolute Gasteiger partial charge is 0.264 e. The number of carbonyl (C=O) groups excluding carboxylic acids is 3. The summed E-state index contributed by atoms with van der Waals surface area (Å²) in [5.41, 5.74) is 4.63. The Balaban J connectivity index is 1.18. The van der Waals surface area contributed by atoms with Crippen molar-refractivity contribution in [2.45, 2.75) is 37.4 Å². The number of rotatable bonds is 5. The lowest BCUT2D eigenvalue weighted by atomic mass is 9.77. The normalized spacial score (nSPS) is 25.7. The van der Waals surface area contributed by atoms with Gasteiger partial charge in [-0.2, -0.15) is 10.2 Å². The Hall–Kier alpha value is -4.44. The summed E-state index contributed by atoms with van der Waals surface area (Å²) in [4.78, 5) is 41.8. The number of nitrogens with zero attached hydrogens (tertiary/aromatic N) is 6. The van der Waals surface area contributed by atoms with Crippen LogP contribution >= 0.6 is 15.9 Å². The first-order chi connectivity index (χ1) is 20.5. The number of amides is 3. The fourth-order valence-corrected chi connectivity index (χ4v) is 6.61. The lowest BCUT2D eigenvalue weighted by molar-refractivity contribution is -0.136. The maximum atomic E-state index is 14.0. The largest absolute Gasteiger partial charge is 0.271 e. The monoisotopic (exact) mass is 622 g/mol. The van der Waals surface area contributed by atoms with Crippen molar-refractivity contribution >= 4 is 51.1 Å². The highest BCUT2D eigenvalue weighted by atomic mass is 79.9. The number of allylic oxidation sites excluding steroid dienone is 1. The van der Waals surface area contributed by atoms with Gasteiger partial charge in [0.1, 0.15) is 6.54 Å². The molecule has 9 nitrogen and oxygen atoms in total. The van der Waals surface area contributed by atoms with Crippen molar-refractivity contribution in [1.82, 2.24) is 10.0 Å². The summed E-state index contributed by atoms with van der Waals surface area (Å²) in [7, 11) is 0. The van der Waals surface area contributed by atoms with E-state index in [0.717, 1.165) is 51.0 Å². The molecule has 0 spiro atoms. The zero-order valence-corrected chi connectivity index (χ0v) is 24.2. The fraction of sp³-hybridized carbons (Fsp3) is 0.250. The summed E-state index contributed by atoms with van der Waals surface area (Å²) in [6.45, 7) is -0.220. The van der Waals surface area contributed by atoms with E-state index in [0.29, 0.717) is 5.69 Å². The third-order valence-corrected chi connectivity index (χ3v) is 8.81. The molecule has 0 aromatic heterocycles. The van der Waals surface area contributed by atoms with Crippen LogP contribution in [0.1, 0.15) is 36.4 Å². The van der Waals surface area contributed by atoms with Gasteiger partial charge >= 0.3 is 0 Å². The Kier molecular flexibility index (Phi) is 6.78.